The molecule has 50 heavy (non-hydrogen) atoms. The molecule has 3 heterocycles. The Balaban J connectivity index is 1.22. The molecule has 0 aromatic heterocycles. The van der Waals surface area contributed by atoms with Crippen molar-refractivity contribution >= 4 is 17.7 Å². The Hall–Kier alpha value is -3.68. The molecular formula is C37H34F6O7. The molecule has 0 amide bonds. The van der Waals surface area contributed by atoms with Crippen LogP contribution in [0.2, 0.25) is 0 Å². The molecule has 6 aliphatic rings. The largest absolute Gasteiger partial charge is 0.419 e. The molecule has 0 unspecified atom stereocenters. The van der Waals surface area contributed by atoms with Crippen LogP contribution < -0.4 is 0 Å². The predicted molar refractivity (Wildman–Crippen MR) is 163 cm³/mol. The first-order valence-electron chi connectivity index (χ1n) is 16.6. The lowest BCUT2D eigenvalue weighted by Crippen LogP contribution is -2.72. The fourth-order valence-corrected chi connectivity index (χ4v) is 9.93. The van der Waals surface area contributed by atoms with E-state index in [1.54, 1.807) is 0 Å². The van der Waals surface area contributed by atoms with Crippen LogP contribution in [-0.4, -0.2) is 47.1 Å². The number of cyclic esters (lactones) is 1. The highest BCUT2D eigenvalue weighted by molar-refractivity contribution is 5.99. The third-order valence-electron chi connectivity index (χ3n) is 12.7. The number of carbonyl (C=O) groups is 2. The maximum Gasteiger partial charge on any atom is 0.416 e. The molecule has 7 nitrogen and oxygen atoms in total. The predicted octanol–water partition coefficient (Wildman–Crippen LogP) is 7.48. The van der Waals surface area contributed by atoms with Gasteiger partial charge in [0.25, 0.3) is 0 Å². The van der Waals surface area contributed by atoms with Crippen LogP contribution in [-0.2, 0) is 36.1 Å². The molecule has 0 bridgehead atoms. The summed E-state index contributed by atoms with van der Waals surface area (Å²) >= 11 is 0. The van der Waals surface area contributed by atoms with Crippen LogP contribution in [0.1, 0.15) is 74.0 Å². The number of epoxide rings is 1. The number of rotatable bonds is 4. The van der Waals surface area contributed by atoms with E-state index in [2.05, 4.69) is 13.8 Å². The van der Waals surface area contributed by atoms with Crippen LogP contribution in [0.15, 0.2) is 65.4 Å². The maximum absolute atomic E-state index is 13.5. The number of aliphatic hydroxyl groups excluding tert-OH is 1. The van der Waals surface area contributed by atoms with Gasteiger partial charge in [0.1, 0.15) is 11.2 Å². The zero-order valence-corrected chi connectivity index (χ0v) is 27.5. The van der Waals surface area contributed by atoms with Crippen molar-refractivity contribution in [3.05, 3.63) is 87.7 Å². The Bertz CT molecular complexity index is 1880. The van der Waals surface area contributed by atoms with Gasteiger partial charge in [-0.1, -0.05) is 32.9 Å². The highest BCUT2D eigenvalue weighted by Crippen LogP contribution is 2.82. The second kappa shape index (κ2) is 10.2. The van der Waals surface area contributed by atoms with Crippen LogP contribution in [0.3, 0.4) is 0 Å². The summed E-state index contributed by atoms with van der Waals surface area (Å²) in [6, 6.07) is 6.98. The van der Waals surface area contributed by atoms with Crippen LogP contribution in [0.25, 0.3) is 5.76 Å². The summed E-state index contributed by atoms with van der Waals surface area (Å²) in [4.78, 5) is 26.9. The molecule has 2 aromatic carbocycles. The fourth-order valence-electron chi connectivity index (χ4n) is 9.93. The smallest absolute Gasteiger partial charge is 0.416 e. The van der Waals surface area contributed by atoms with Gasteiger partial charge in [0, 0.05) is 33.5 Å². The molecule has 8 rings (SSSR count). The highest BCUT2D eigenvalue weighted by atomic mass is 19.4. The lowest BCUT2D eigenvalue weighted by atomic mass is 9.49. The molecule has 8 atom stereocenters. The van der Waals surface area contributed by atoms with Gasteiger partial charge in [-0.15, -0.1) is 0 Å². The van der Waals surface area contributed by atoms with E-state index in [1.807, 2.05) is 13.8 Å². The summed E-state index contributed by atoms with van der Waals surface area (Å²) < 4.78 is 105. The molecule has 3 aliphatic carbocycles. The monoisotopic (exact) mass is 704 g/mol. The number of aliphatic hydroxyl groups is 1. The first-order valence-corrected chi connectivity index (χ1v) is 16.6. The summed E-state index contributed by atoms with van der Waals surface area (Å²) in [6.45, 7) is 8.12. The molecule has 1 N–H and O–H groups in total. The molecule has 2 saturated heterocycles. The van der Waals surface area contributed by atoms with E-state index in [1.165, 1.54) is 0 Å². The lowest BCUT2D eigenvalue weighted by molar-refractivity contribution is -0.258. The Morgan fingerprint density at radius 1 is 0.940 bits per heavy atom. The molecule has 266 valence electrons. The van der Waals surface area contributed by atoms with E-state index in [9.17, 15) is 41.0 Å². The number of hydrogen-bond donors (Lipinski definition) is 1. The summed E-state index contributed by atoms with van der Waals surface area (Å²) in [6.07, 6.45) is -8.82. The maximum atomic E-state index is 13.5. The van der Waals surface area contributed by atoms with Crippen molar-refractivity contribution in [3.8, 4) is 0 Å². The lowest BCUT2D eigenvalue weighted by Gasteiger charge is -2.60. The zero-order chi connectivity index (χ0) is 36.0. The Kier molecular flexibility index (Phi) is 6.84. The van der Waals surface area contributed by atoms with Gasteiger partial charge < -0.3 is 24.1 Å². The SMILES string of the molecule is CC(C)[C@]12C[C@H]1[C@@H]1O[C@@]13[C@@]1(C)CCC4=C(/C(=C(\OC(=O)c5ccc(C(F)(F)F)cc5)c5ccc(C(F)(F)F)cc5)OC4=O)[C@@H]1CO[C@]3(C)[C@@H]2O. The first kappa shape index (κ1) is 33.5. The normalized spacial score (nSPS) is 38.0. The number of allylic oxidation sites excluding steroid dienone is 1. The van der Waals surface area contributed by atoms with Gasteiger partial charge >= 0.3 is 24.3 Å². The molecule has 1 spiro atoms. The number of ether oxygens (including phenoxy) is 4. The van der Waals surface area contributed by atoms with Crippen molar-refractivity contribution in [1.29, 1.82) is 0 Å². The average Bonchev–Trinajstić information content (AvgIpc) is 3.96. The van der Waals surface area contributed by atoms with Gasteiger partial charge in [-0.3, -0.25) is 0 Å². The number of esters is 2. The number of halogens is 6. The second-order valence-electron chi connectivity index (χ2n) is 15.1. The highest BCUT2D eigenvalue weighted by Gasteiger charge is 2.92. The van der Waals surface area contributed by atoms with E-state index in [0.29, 0.717) is 29.7 Å². The van der Waals surface area contributed by atoms with Crippen LogP contribution in [0, 0.1) is 28.6 Å². The van der Waals surface area contributed by atoms with Crippen LogP contribution in [0.4, 0.5) is 26.3 Å². The van der Waals surface area contributed by atoms with Gasteiger partial charge in [0.2, 0.25) is 0 Å². The van der Waals surface area contributed by atoms with Crippen molar-refractivity contribution in [2.45, 2.75) is 82.7 Å². The first-order chi connectivity index (χ1) is 23.3. The fraction of sp³-hybridized carbons (Fsp3) is 0.514. The van der Waals surface area contributed by atoms with E-state index in [-0.39, 0.29) is 59.0 Å². The number of carbonyl (C=O) groups excluding carboxylic acids is 2. The molecule has 13 heteroatoms. The molecule has 2 saturated carbocycles. The molecule has 2 aromatic rings. The van der Waals surface area contributed by atoms with Crippen LogP contribution in [0.5, 0.6) is 0 Å². The number of hydrogen-bond acceptors (Lipinski definition) is 7. The minimum Gasteiger partial charge on any atom is -0.419 e. The number of fused-ring (bicyclic) bond motifs is 4. The van der Waals surface area contributed by atoms with Crippen molar-refractivity contribution in [1.82, 2.24) is 0 Å². The van der Waals surface area contributed by atoms with E-state index in [4.69, 9.17) is 18.9 Å². The van der Waals surface area contributed by atoms with Gasteiger partial charge in [-0.2, -0.15) is 26.3 Å². The van der Waals surface area contributed by atoms with Crippen molar-refractivity contribution < 1.29 is 60.0 Å². The van der Waals surface area contributed by atoms with Gasteiger partial charge in [0.05, 0.1) is 35.5 Å². The second-order valence-corrected chi connectivity index (χ2v) is 15.1. The van der Waals surface area contributed by atoms with Crippen LogP contribution >= 0.6 is 0 Å². The minimum atomic E-state index is -4.67. The quantitative estimate of drug-likeness (QED) is 0.153. The van der Waals surface area contributed by atoms with Crippen molar-refractivity contribution in [3.63, 3.8) is 0 Å². The van der Waals surface area contributed by atoms with E-state index < -0.39 is 64.1 Å². The third kappa shape index (κ3) is 4.22. The summed E-state index contributed by atoms with van der Waals surface area (Å²) in [7, 11) is 0. The third-order valence-corrected chi connectivity index (χ3v) is 12.7. The average molecular weight is 705 g/mol. The number of benzene rings is 2. The van der Waals surface area contributed by atoms with Gasteiger partial charge in [-0.25, -0.2) is 9.59 Å². The van der Waals surface area contributed by atoms with Gasteiger partial charge in [-0.05, 0) is 74.4 Å². The Morgan fingerprint density at radius 3 is 2.08 bits per heavy atom. The summed E-state index contributed by atoms with van der Waals surface area (Å²) in [5, 5.41) is 12.0. The summed E-state index contributed by atoms with van der Waals surface area (Å²) in [5.74, 6) is -2.65. The van der Waals surface area contributed by atoms with Crippen molar-refractivity contribution in [2.75, 3.05) is 6.61 Å². The van der Waals surface area contributed by atoms with Crippen molar-refractivity contribution in [2.24, 2.45) is 28.6 Å². The molecule has 0 radical (unpaired) electrons. The molecule has 3 aliphatic heterocycles. The summed E-state index contributed by atoms with van der Waals surface area (Å²) in [5.41, 5.74) is -4.64. The zero-order valence-electron chi connectivity index (χ0n) is 27.5. The topological polar surface area (TPSA) is 94.6 Å². The number of alkyl halides is 6. The standard InChI is InChI=1S/C37H34F6O7/c1-17(2)34-15-23(34)28-35(50-28)32(3)14-13-22-25(24(32)16-47-33(35,4)31(34)46)27(49-30(22)45)26(18-5-9-20(10-6-18)36(38,39)40)48-29(44)19-7-11-21(12-8-19)37(41,42)43/h5-12,17,23-24,28,31,46H,13-16H2,1-4H3/b27-26+/t23-,24-,28-,31-,32-,33+,34+,35+/m0/s1. The molecular weight excluding hydrogens is 670 g/mol. The van der Waals surface area contributed by atoms with Gasteiger partial charge in [0.15, 0.2) is 11.5 Å². The Labute approximate surface area is 283 Å². The Morgan fingerprint density at radius 2 is 1.52 bits per heavy atom. The molecule has 4 fully saturated rings. The van der Waals surface area contributed by atoms with E-state index >= 15 is 0 Å². The minimum absolute atomic E-state index is 0.0323. The van der Waals surface area contributed by atoms with E-state index in [0.717, 1.165) is 42.8 Å².